The van der Waals surface area contributed by atoms with Gasteiger partial charge in [-0.1, -0.05) is 29.6 Å². The molecule has 3 rings (SSSR count). The number of aromatic nitrogens is 2. The molecule has 0 amide bonds. The van der Waals surface area contributed by atoms with Crippen LogP contribution in [0.1, 0.15) is 22.5 Å². The van der Waals surface area contributed by atoms with Gasteiger partial charge < -0.3 is 0 Å². The fourth-order valence-corrected chi connectivity index (χ4v) is 4.43. The molecule has 0 fully saturated rings. The first-order valence-electron chi connectivity index (χ1n) is 6.88. The third kappa shape index (κ3) is 3.45. The van der Waals surface area contributed by atoms with Crippen LogP contribution in [0.3, 0.4) is 0 Å². The molecule has 0 aliphatic carbocycles. The fourth-order valence-electron chi connectivity index (χ4n) is 2.12. The second-order valence-electron chi connectivity index (χ2n) is 4.93. The molecule has 0 radical (unpaired) electrons. The van der Waals surface area contributed by atoms with Crippen molar-refractivity contribution in [3.8, 4) is 18.2 Å². The van der Waals surface area contributed by atoms with Gasteiger partial charge in [0.2, 0.25) is 0 Å². The lowest BCUT2D eigenvalue weighted by Crippen LogP contribution is -2.08. The molecule has 0 atom stereocenters. The SMILES string of the molecule is N#CC(=C1Sc2nc(C#N)c(C#N)nc2S1)c1ccc(F)c(C(F)(F)F)c1. The minimum atomic E-state index is -4.91. The van der Waals surface area contributed by atoms with Gasteiger partial charge in [-0.2, -0.15) is 29.0 Å². The van der Waals surface area contributed by atoms with Crippen molar-refractivity contribution in [3.05, 3.63) is 50.8 Å². The lowest BCUT2D eigenvalue weighted by Gasteiger charge is -2.10. The van der Waals surface area contributed by atoms with E-state index in [1.807, 2.05) is 6.07 Å². The minimum Gasteiger partial charge on any atom is -0.224 e. The first kappa shape index (κ1) is 18.7. The molecule has 1 aliphatic rings. The van der Waals surface area contributed by atoms with E-state index in [9.17, 15) is 22.8 Å². The zero-order chi connectivity index (χ0) is 19.8. The van der Waals surface area contributed by atoms with E-state index in [1.54, 1.807) is 12.1 Å². The average molecular weight is 405 g/mol. The normalized spacial score (nSPS) is 12.7. The van der Waals surface area contributed by atoms with E-state index in [2.05, 4.69) is 9.97 Å². The summed E-state index contributed by atoms with van der Waals surface area (Å²) < 4.78 is 52.5. The Morgan fingerprint density at radius 2 is 1.52 bits per heavy atom. The largest absolute Gasteiger partial charge is 0.419 e. The molecule has 5 nitrogen and oxygen atoms in total. The van der Waals surface area contributed by atoms with Crippen molar-refractivity contribution in [2.24, 2.45) is 0 Å². The third-order valence-corrected chi connectivity index (χ3v) is 5.67. The van der Waals surface area contributed by atoms with Gasteiger partial charge in [-0.05, 0) is 17.7 Å². The van der Waals surface area contributed by atoms with Crippen LogP contribution in [-0.4, -0.2) is 9.97 Å². The predicted molar refractivity (Wildman–Crippen MR) is 87.1 cm³/mol. The van der Waals surface area contributed by atoms with Crippen molar-refractivity contribution in [2.75, 3.05) is 0 Å². The number of halogens is 4. The molecule has 0 saturated carbocycles. The highest BCUT2D eigenvalue weighted by molar-refractivity contribution is 8.24. The van der Waals surface area contributed by atoms with E-state index < -0.39 is 17.6 Å². The predicted octanol–water partition coefficient (Wildman–Crippen LogP) is 4.47. The smallest absolute Gasteiger partial charge is 0.224 e. The number of hydrogen-bond donors (Lipinski definition) is 0. The second-order valence-corrected chi connectivity index (χ2v) is 7.18. The number of benzene rings is 1. The Morgan fingerprint density at radius 1 is 0.963 bits per heavy atom. The van der Waals surface area contributed by atoms with Crippen LogP contribution in [-0.2, 0) is 6.18 Å². The second kappa shape index (κ2) is 6.92. The van der Waals surface area contributed by atoms with Crippen molar-refractivity contribution in [1.29, 1.82) is 15.8 Å². The zero-order valence-electron chi connectivity index (χ0n) is 12.8. The topological polar surface area (TPSA) is 97.1 Å². The molecule has 1 aliphatic heterocycles. The summed E-state index contributed by atoms with van der Waals surface area (Å²) in [6.45, 7) is 0. The number of nitrogens with zero attached hydrogens (tertiary/aromatic N) is 5. The van der Waals surface area contributed by atoms with Crippen LogP contribution in [0.15, 0.2) is 32.5 Å². The third-order valence-electron chi connectivity index (χ3n) is 3.30. The van der Waals surface area contributed by atoms with Gasteiger partial charge in [0.25, 0.3) is 0 Å². The van der Waals surface area contributed by atoms with Crippen LogP contribution in [0.25, 0.3) is 5.57 Å². The molecule has 11 heteroatoms. The summed E-state index contributed by atoms with van der Waals surface area (Å²) in [5, 5.41) is 27.9. The van der Waals surface area contributed by atoms with Gasteiger partial charge in [0, 0.05) is 0 Å². The number of fused-ring (bicyclic) bond motifs is 1. The van der Waals surface area contributed by atoms with Gasteiger partial charge in [0.15, 0.2) is 11.4 Å². The fraction of sp³-hybridized carbons (Fsp3) is 0.0625. The van der Waals surface area contributed by atoms with Crippen LogP contribution < -0.4 is 0 Å². The van der Waals surface area contributed by atoms with Crippen molar-refractivity contribution < 1.29 is 17.6 Å². The Morgan fingerprint density at radius 3 is 1.96 bits per heavy atom. The van der Waals surface area contributed by atoms with E-state index in [0.29, 0.717) is 12.1 Å². The number of hydrogen-bond acceptors (Lipinski definition) is 7. The molecule has 2 heterocycles. The van der Waals surface area contributed by atoms with Crippen molar-refractivity contribution in [2.45, 2.75) is 16.2 Å². The lowest BCUT2D eigenvalue weighted by atomic mass is 10.0. The first-order valence-corrected chi connectivity index (χ1v) is 8.51. The maximum atomic E-state index is 13.5. The number of thioether (sulfide) groups is 2. The average Bonchev–Trinajstić information content (AvgIpc) is 3.03. The van der Waals surface area contributed by atoms with Crippen LogP contribution in [0.5, 0.6) is 0 Å². The monoisotopic (exact) mass is 405 g/mol. The maximum Gasteiger partial charge on any atom is 0.419 e. The molecule has 0 spiro atoms. The Labute approximate surface area is 158 Å². The summed E-state index contributed by atoms with van der Waals surface area (Å²) in [5.41, 5.74) is -2.09. The van der Waals surface area contributed by atoms with Gasteiger partial charge >= 0.3 is 6.18 Å². The molecule has 1 aromatic heterocycles. The summed E-state index contributed by atoms with van der Waals surface area (Å²) in [7, 11) is 0. The molecule has 0 saturated heterocycles. The van der Waals surface area contributed by atoms with Gasteiger partial charge in [-0.25, -0.2) is 14.4 Å². The molecule has 132 valence electrons. The first-order chi connectivity index (χ1) is 12.8. The van der Waals surface area contributed by atoms with E-state index in [-0.39, 0.29) is 36.8 Å². The summed E-state index contributed by atoms with van der Waals surface area (Å²) in [6.07, 6.45) is -4.91. The highest BCUT2D eigenvalue weighted by Crippen LogP contribution is 2.52. The summed E-state index contributed by atoms with van der Waals surface area (Å²) in [6, 6.07) is 7.55. The van der Waals surface area contributed by atoms with Crippen molar-refractivity contribution in [1.82, 2.24) is 9.97 Å². The quantitative estimate of drug-likeness (QED) is 0.510. The maximum absolute atomic E-state index is 13.5. The molecule has 27 heavy (non-hydrogen) atoms. The van der Waals surface area contributed by atoms with Gasteiger partial charge in [0.05, 0.1) is 15.4 Å². The molecule has 0 unspecified atom stereocenters. The van der Waals surface area contributed by atoms with E-state index >= 15 is 0 Å². The van der Waals surface area contributed by atoms with Crippen molar-refractivity contribution in [3.63, 3.8) is 0 Å². The highest BCUT2D eigenvalue weighted by atomic mass is 32.2. The van der Waals surface area contributed by atoms with E-state index in [0.717, 1.165) is 29.6 Å². The van der Waals surface area contributed by atoms with Crippen LogP contribution in [0.2, 0.25) is 0 Å². The van der Waals surface area contributed by atoms with Gasteiger partial charge in [-0.3, -0.25) is 0 Å². The van der Waals surface area contributed by atoms with Gasteiger partial charge in [-0.15, -0.1) is 0 Å². The molecular formula is C16H3F4N5S2. The Kier molecular flexibility index (Phi) is 4.79. The standard InChI is InChI=1S/C16H3F4N5S2/c17-10-2-1-7(3-9(10)16(18,19)20)8(4-21)15-26-13-14(27-15)25-12(6-23)11(5-22)24-13/h1-3H. The Bertz CT molecular complexity index is 1070. The summed E-state index contributed by atoms with van der Waals surface area (Å²) >= 11 is 1.88. The molecule has 0 N–H and O–H groups in total. The summed E-state index contributed by atoms with van der Waals surface area (Å²) in [5.74, 6) is -1.44. The van der Waals surface area contributed by atoms with E-state index in [1.165, 1.54) is 0 Å². The number of alkyl halides is 3. The van der Waals surface area contributed by atoms with Crippen molar-refractivity contribution >= 4 is 29.1 Å². The van der Waals surface area contributed by atoms with Crippen LogP contribution in [0, 0.1) is 39.8 Å². The highest BCUT2D eigenvalue weighted by Gasteiger charge is 2.35. The number of nitriles is 3. The minimum absolute atomic E-state index is 0.116. The molecule has 2 aromatic rings. The summed E-state index contributed by atoms with van der Waals surface area (Å²) in [4.78, 5) is 7.97. The molecule has 1 aromatic carbocycles. The number of allylic oxidation sites excluding steroid dienone is 1. The van der Waals surface area contributed by atoms with Gasteiger partial charge in [0.1, 0.15) is 34.1 Å². The molecular weight excluding hydrogens is 402 g/mol. The Hall–Kier alpha value is -3.07. The van der Waals surface area contributed by atoms with E-state index in [4.69, 9.17) is 10.5 Å². The van der Waals surface area contributed by atoms with Crippen LogP contribution >= 0.6 is 23.5 Å². The number of rotatable bonds is 1. The molecule has 0 bridgehead atoms. The van der Waals surface area contributed by atoms with Crippen LogP contribution in [0.4, 0.5) is 17.6 Å². The Balaban J connectivity index is 2.10. The zero-order valence-corrected chi connectivity index (χ0v) is 14.4. The lowest BCUT2D eigenvalue weighted by molar-refractivity contribution is -0.140.